The zero-order valence-corrected chi connectivity index (χ0v) is 12.2. The number of carbonyl (C=O) groups is 1. The molecule has 4 heteroatoms. The third kappa shape index (κ3) is 2.75. The van der Waals surface area contributed by atoms with Crippen molar-refractivity contribution in [3.63, 3.8) is 0 Å². The third-order valence-corrected chi connectivity index (χ3v) is 5.38. The number of anilines is 1. The van der Waals surface area contributed by atoms with Crippen LogP contribution in [0.4, 0.5) is 5.69 Å². The van der Waals surface area contributed by atoms with Gasteiger partial charge in [0.05, 0.1) is 15.7 Å². The van der Waals surface area contributed by atoms with Gasteiger partial charge in [-0.2, -0.15) is 0 Å². The Hall–Kier alpha value is -0.730. The summed E-state index contributed by atoms with van der Waals surface area (Å²) in [4.78, 5) is 12.1. The van der Waals surface area contributed by atoms with Gasteiger partial charge in [0.2, 0.25) is 5.91 Å². The lowest BCUT2D eigenvalue weighted by Gasteiger charge is -2.21. The summed E-state index contributed by atoms with van der Waals surface area (Å²) in [5.41, 5.74) is 0.613. The molecule has 3 atom stereocenters. The van der Waals surface area contributed by atoms with E-state index in [1.165, 1.54) is 25.7 Å². The van der Waals surface area contributed by atoms with E-state index in [2.05, 4.69) is 5.32 Å². The molecule has 2 aliphatic rings. The van der Waals surface area contributed by atoms with E-state index < -0.39 is 0 Å². The molecule has 2 nitrogen and oxygen atoms in total. The fourth-order valence-electron chi connectivity index (χ4n) is 3.67. The number of halogens is 2. The molecule has 19 heavy (non-hydrogen) atoms. The van der Waals surface area contributed by atoms with Crippen molar-refractivity contribution in [3.8, 4) is 0 Å². The number of hydrogen-bond donors (Lipinski definition) is 1. The summed E-state index contributed by atoms with van der Waals surface area (Å²) in [6, 6.07) is 5.30. The number of rotatable bonds is 3. The van der Waals surface area contributed by atoms with Crippen molar-refractivity contribution in [2.75, 3.05) is 5.32 Å². The van der Waals surface area contributed by atoms with Crippen LogP contribution in [0, 0.1) is 17.8 Å². The second-order valence-electron chi connectivity index (χ2n) is 5.79. The summed E-state index contributed by atoms with van der Waals surface area (Å²) in [6.07, 6.45) is 5.84. The van der Waals surface area contributed by atoms with Gasteiger partial charge in [0.25, 0.3) is 0 Å². The van der Waals surface area contributed by atoms with Crippen molar-refractivity contribution < 1.29 is 4.79 Å². The molecule has 2 fully saturated rings. The highest BCUT2D eigenvalue weighted by Gasteiger charge is 2.40. The minimum Gasteiger partial charge on any atom is -0.325 e. The maximum atomic E-state index is 12.1. The van der Waals surface area contributed by atoms with E-state index in [0.29, 0.717) is 28.1 Å². The zero-order chi connectivity index (χ0) is 13.4. The first-order valence-corrected chi connectivity index (χ1v) is 7.63. The Balaban J connectivity index is 1.61. The van der Waals surface area contributed by atoms with E-state index in [-0.39, 0.29) is 5.91 Å². The first-order valence-electron chi connectivity index (χ1n) is 6.87. The molecule has 2 saturated carbocycles. The highest BCUT2D eigenvalue weighted by Crippen LogP contribution is 2.49. The molecule has 2 aliphatic carbocycles. The number of carbonyl (C=O) groups excluding carboxylic acids is 1. The van der Waals surface area contributed by atoms with Crippen LogP contribution >= 0.6 is 23.2 Å². The molecule has 1 aromatic rings. The SMILES string of the molecule is O=C(CC1CC2CCC1C2)Nc1cccc(Cl)c1Cl. The first-order chi connectivity index (χ1) is 9.13. The van der Waals surface area contributed by atoms with Gasteiger partial charge in [0, 0.05) is 6.42 Å². The smallest absolute Gasteiger partial charge is 0.224 e. The van der Waals surface area contributed by atoms with Crippen LogP contribution in [0.1, 0.15) is 32.1 Å². The van der Waals surface area contributed by atoms with Crippen LogP contribution in [-0.4, -0.2) is 5.91 Å². The lowest BCUT2D eigenvalue weighted by atomic mass is 9.86. The van der Waals surface area contributed by atoms with Gasteiger partial charge in [0.1, 0.15) is 0 Å². The van der Waals surface area contributed by atoms with Gasteiger partial charge in [-0.25, -0.2) is 0 Å². The molecule has 0 aliphatic heterocycles. The standard InChI is InChI=1S/C15H17Cl2NO/c16-12-2-1-3-13(15(12)17)18-14(19)8-11-7-9-4-5-10(11)6-9/h1-3,9-11H,4-8H2,(H,18,19). The lowest BCUT2D eigenvalue weighted by molar-refractivity contribution is -0.117. The van der Waals surface area contributed by atoms with Crippen molar-refractivity contribution in [3.05, 3.63) is 28.2 Å². The molecule has 0 radical (unpaired) electrons. The van der Waals surface area contributed by atoms with Gasteiger partial charge in [0.15, 0.2) is 0 Å². The van der Waals surface area contributed by atoms with E-state index in [0.717, 1.165) is 11.8 Å². The molecule has 1 aromatic carbocycles. The van der Waals surface area contributed by atoms with Gasteiger partial charge in [-0.05, 0) is 49.1 Å². The predicted octanol–water partition coefficient (Wildman–Crippen LogP) is 4.76. The largest absolute Gasteiger partial charge is 0.325 e. The minimum atomic E-state index is 0.0571. The molecule has 3 rings (SSSR count). The molecule has 1 amide bonds. The van der Waals surface area contributed by atoms with Crippen LogP contribution in [-0.2, 0) is 4.79 Å². The monoisotopic (exact) mass is 297 g/mol. The maximum Gasteiger partial charge on any atom is 0.224 e. The summed E-state index contributed by atoms with van der Waals surface area (Å²) in [7, 11) is 0. The molecular formula is C15H17Cl2NO. The van der Waals surface area contributed by atoms with Crippen LogP contribution < -0.4 is 5.32 Å². The Kier molecular flexibility index (Phi) is 3.72. The Morgan fingerprint density at radius 1 is 1.26 bits per heavy atom. The summed E-state index contributed by atoms with van der Waals surface area (Å²) in [5.74, 6) is 2.27. The van der Waals surface area contributed by atoms with Gasteiger partial charge < -0.3 is 5.32 Å². The Morgan fingerprint density at radius 2 is 2.11 bits per heavy atom. The molecule has 0 spiro atoms. The van der Waals surface area contributed by atoms with Gasteiger partial charge >= 0.3 is 0 Å². The molecule has 2 bridgehead atoms. The van der Waals surface area contributed by atoms with E-state index in [1.54, 1.807) is 18.2 Å². The van der Waals surface area contributed by atoms with E-state index in [1.807, 2.05) is 0 Å². The summed E-state index contributed by atoms with van der Waals surface area (Å²) in [6.45, 7) is 0. The first kappa shape index (κ1) is 13.3. The lowest BCUT2D eigenvalue weighted by Crippen LogP contribution is -2.20. The maximum absolute atomic E-state index is 12.1. The van der Waals surface area contributed by atoms with E-state index in [4.69, 9.17) is 23.2 Å². The van der Waals surface area contributed by atoms with Crippen molar-refractivity contribution in [1.82, 2.24) is 0 Å². The zero-order valence-electron chi connectivity index (χ0n) is 10.7. The second-order valence-corrected chi connectivity index (χ2v) is 6.57. The van der Waals surface area contributed by atoms with Crippen molar-refractivity contribution in [2.24, 2.45) is 17.8 Å². The van der Waals surface area contributed by atoms with Gasteiger partial charge in [-0.1, -0.05) is 35.7 Å². The minimum absolute atomic E-state index is 0.0571. The summed E-state index contributed by atoms with van der Waals surface area (Å²) in [5, 5.41) is 3.78. The van der Waals surface area contributed by atoms with Crippen molar-refractivity contribution in [2.45, 2.75) is 32.1 Å². The highest BCUT2D eigenvalue weighted by atomic mass is 35.5. The quantitative estimate of drug-likeness (QED) is 0.856. The fourth-order valence-corrected chi connectivity index (χ4v) is 4.01. The Bertz CT molecular complexity index is 503. The van der Waals surface area contributed by atoms with Crippen LogP contribution in [0.25, 0.3) is 0 Å². The molecule has 0 aromatic heterocycles. The average Bonchev–Trinajstić information content (AvgIpc) is 2.97. The highest BCUT2D eigenvalue weighted by molar-refractivity contribution is 6.43. The van der Waals surface area contributed by atoms with Crippen LogP contribution in [0.15, 0.2) is 18.2 Å². The number of nitrogens with one attached hydrogen (secondary N) is 1. The number of amides is 1. The molecule has 102 valence electrons. The Labute approximate surface area is 123 Å². The normalized spacial score (nSPS) is 28.6. The van der Waals surface area contributed by atoms with E-state index in [9.17, 15) is 4.79 Å². The number of hydrogen-bond acceptors (Lipinski definition) is 1. The number of benzene rings is 1. The summed E-state index contributed by atoms with van der Waals surface area (Å²) < 4.78 is 0. The van der Waals surface area contributed by atoms with Crippen LogP contribution in [0.2, 0.25) is 10.0 Å². The molecule has 0 heterocycles. The van der Waals surface area contributed by atoms with Crippen LogP contribution in [0.3, 0.4) is 0 Å². The van der Waals surface area contributed by atoms with Crippen LogP contribution in [0.5, 0.6) is 0 Å². The molecule has 0 saturated heterocycles. The predicted molar refractivity (Wildman–Crippen MR) is 78.6 cm³/mol. The second kappa shape index (κ2) is 5.34. The number of fused-ring (bicyclic) bond motifs is 2. The average molecular weight is 298 g/mol. The molecular weight excluding hydrogens is 281 g/mol. The van der Waals surface area contributed by atoms with Gasteiger partial charge in [-0.3, -0.25) is 4.79 Å². The van der Waals surface area contributed by atoms with Crippen molar-refractivity contribution >= 4 is 34.8 Å². The molecule has 3 unspecified atom stereocenters. The topological polar surface area (TPSA) is 29.1 Å². The fraction of sp³-hybridized carbons (Fsp3) is 0.533. The molecule has 1 N–H and O–H groups in total. The Morgan fingerprint density at radius 3 is 2.79 bits per heavy atom. The third-order valence-electron chi connectivity index (χ3n) is 4.56. The van der Waals surface area contributed by atoms with Crippen molar-refractivity contribution in [1.29, 1.82) is 0 Å². The van der Waals surface area contributed by atoms with E-state index >= 15 is 0 Å². The summed E-state index contributed by atoms with van der Waals surface area (Å²) >= 11 is 12.0. The van der Waals surface area contributed by atoms with Gasteiger partial charge in [-0.15, -0.1) is 0 Å².